The highest BCUT2D eigenvalue weighted by molar-refractivity contribution is 7.62. The first kappa shape index (κ1) is 17.3. The summed E-state index contributed by atoms with van der Waals surface area (Å²) in [7, 11) is -3.84. The molecule has 24 heavy (non-hydrogen) atoms. The van der Waals surface area contributed by atoms with Crippen molar-refractivity contribution in [2.45, 2.75) is 51.9 Å². The van der Waals surface area contributed by atoms with Gasteiger partial charge in [-0.1, -0.05) is 76.4 Å². The smallest absolute Gasteiger partial charge is 0.408 e. The van der Waals surface area contributed by atoms with Crippen molar-refractivity contribution in [3.63, 3.8) is 0 Å². The molecular weight excluding hydrogens is 319 g/mol. The maximum Gasteiger partial charge on any atom is 0.408 e. The van der Waals surface area contributed by atoms with Crippen molar-refractivity contribution in [1.29, 1.82) is 0 Å². The molecule has 1 N–H and O–H groups in total. The third-order valence-corrected chi connectivity index (χ3v) is 6.29. The summed E-state index contributed by atoms with van der Waals surface area (Å²) in [6.07, 6.45) is 4.54. The van der Waals surface area contributed by atoms with Crippen LogP contribution < -0.4 is 9.83 Å². The van der Waals surface area contributed by atoms with Gasteiger partial charge in [0.1, 0.15) is 5.75 Å². The molecule has 0 aromatic heterocycles. The number of hydrogen-bond donors (Lipinski definition) is 1. The van der Waals surface area contributed by atoms with Gasteiger partial charge in [0.2, 0.25) is 0 Å². The van der Waals surface area contributed by atoms with Crippen molar-refractivity contribution in [2.24, 2.45) is 0 Å². The van der Waals surface area contributed by atoms with Crippen LogP contribution in [0.4, 0.5) is 0 Å². The Morgan fingerprint density at radius 2 is 1.75 bits per heavy atom. The van der Waals surface area contributed by atoms with Crippen LogP contribution in [0.25, 0.3) is 11.1 Å². The van der Waals surface area contributed by atoms with Crippen LogP contribution in [0.3, 0.4) is 0 Å². The van der Waals surface area contributed by atoms with Crippen molar-refractivity contribution in [3.8, 4) is 16.9 Å². The van der Waals surface area contributed by atoms with E-state index in [9.17, 15) is 9.46 Å². The molecule has 0 radical (unpaired) electrons. The molecule has 1 unspecified atom stereocenters. The van der Waals surface area contributed by atoms with E-state index in [1.54, 1.807) is 12.1 Å². The van der Waals surface area contributed by atoms with Crippen LogP contribution in [-0.4, -0.2) is 4.89 Å². The Bertz CT molecular complexity index is 795. The molecule has 3 rings (SSSR count). The van der Waals surface area contributed by atoms with Crippen LogP contribution in [0.2, 0.25) is 0 Å². The lowest BCUT2D eigenvalue weighted by molar-refractivity contribution is 0.379. The quantitative estimate of drug-likeness (QED) is 0.582. The lowest BCUT2D eigenvalue weighted by atomic mass is 9.78. The summed E-state index contributed by atoms with van der Waals surface area (Å²) >= 11 is 0. The zero-order valence-corrected chi connectivity index (χ0v) is 15.5. The molecule has 2 aromatic rings. The average molecular weight is 344 g/mol. The number of unbranched alkanes of at least 4 members (excludes halogenated alkanes) is 2. The summed E-state index contributed by atoms with van der Waals surface area (Å²) in [5.74, 6) is 0.573. The molecule has 0 spiro atoms. The van der Waals surface area contributed by atoms with Gasteiger partial charge in [0, 0.05) is 16.7 Å². The third-order valence-electron chi connectivity index (χ3n) is 4.86. The van der Waals surface area contributed by atoms with Crippen LogP contribution in [0.5, 0.6) is 5.75 Å². The van der Waals surface area contributed by atoms with Crippen molar-refractivity contribution in [2.75, 3.05) is 0 Å². The van der Waals surface area contributed by atoms with E-state index in [1.165, 1.54) is 12.8 Å². The molecule has 1 aliphatic rings. The Labute approximate surface area is 144 Å². The summed E-state index contributed by atoms with van der Waals surface area (Å²) < 4.78 is 18.4. The maximum atomic E-state index is 12.7. The van der Waals surface area contributed by atoms with Crippen LogP contribution in [-0.2, 0) is 9.98 Å². The maximum absolute atomic E-state index is 12.7. The lowest BCUT2D eigenvalue weighted by Gasteiger charge is -2.32. The minimum Gasteiger partial charge on any atom is -0.420 e. The molecule has 2 aromatic carbocycles. The first-order chi connectivity index (χ1) is 11.4. The number of benzene rings is 2. The second-order valence-corrected chi connectivity index (χ2v) is 8.86. The fourth-order valence-electron chi connectivity index (χ4n) is 3.45. The highest BCUT2D eigenvalue weighted by atomic mass is 31.2. The summed E-state index contributed by atoms with van der Waals surface area (Å²) in [6.45, 7) is 6.56. The number of hydrogen-bond acceptors (Lipinski definition) is 2. The predicted octanol–water partition coefficient (Wildman–Crippen LogP) is 5.41. The second-order valence-electron chi connectivity index (χ2n) is 7.15. The van der Waals surface area contributed by atoms with E-state index in [1.807, 2.05) is 30.3 Å². The monoisotopic (exact) mass is 344 g/mol. The molecule has 0 fully saturated rings. The van der Waals surface area contributed by atoms with Gasteiger partial charge >= 0.3 is 7.60 Å². The Morgan fingerprint density at radius 1 is 1.04 bits per heavy atom. The van der Waals surface area contributed by atoms with Gasteiger partial charge in [-0.3, -0.25) is 0 Å². The first-order valence-corrected chi connectivity index (χ1v) is 10.2. The van der Waals surface area contributed by atoms with E-state index in [2.05, 4.69) is 20.8 Å². The topological polar surface area (TPSA) is 46.5 Å². The second kappa shape index (κ2) is 6.38. The van der Waals surface area contributed by atoms with Crippen LogP contribution in [0, 0.1) is 0 Å². The fraction of sp³-hybridized carbons (Fsp3) is 0.400. The Morgan fingerprint density at radius 3 is 2.50 bits per heavy atom. The minimum atomic E-state index is -3.84. The van der Waals surface area contributed by atoms with Gasteiger partial charge in [0.25, 0.3) is 0 Å². The largest absolute Gasteiger partial charge is 0.420 e. The molecule has 1 heterocycles. The molecule has 0 saturated carbocycles. The van der Waals surface area contributed by atoms with Gasteiger partial charge < -0.3 is 9.42 Å². The van der Waals surface area contributed by atoms with E-state index in [0.717, 1.165) is 29.5 Å². The Kier molecular flexibility index (Phi) is 4.59. The van der Waals surface area contributed by atoms with Gasteiger partial charge in [0.15, 0.2) is 0 Å². The molecule has 1 atom stereocenters. The number of fused-ring (bicyclic) bond motifs is 3. The molecular formula is C20H25O3P. The fourth-order valence-corrected chi connectivity index (χ4v) is 4.77. The highest BCUT2D eigenvalue weighted by Gasteiger charge is 2.37. The van der Waals surface area contributed by atoms with Crippen molar-refractivity contribution >= 4 is 12.9 Å². The minimum absolute atomic E-state index is 0.104. The van der Waals surface area contributed by atoms with Gasteiger partial charge in [-0.15, -0.1) is 0 Å². The van der Waals surface area contributed by atoms with Gasteiger partial charge in [-0.2, -0.15) is 0 Å². The Hall–Kier alpha value is -1.57. The molecule has 1 aliphatic heterocycles. The van der Waals surface area contributed by atoms with E-state index < -0.39 is 7.60 Å². The van der Waals surface area contributed by atoms with Crippen molar-refractivity contribution in [3.05, 3.63) is 48.0 Å². The summed E-state index contributed by atoms with van der Waals surface area (Å²) in [6, 6.07) is 13.3. The normalized spacial score (nSPS) is 19.3. The Balaban J connectivity index is 2.11. The summed E-state index contributed by atoms with van der Waals surface area (Å²) in [4.78, 5) is 10.4. The van der Waals surface area contributed by atoms with Gasteiger partial charge in [-0.25, -0.2) is 4.57 Å². The van der Waals surface area contributed by atoms with E-state index in [-0.39, 0.29) is 5.41 Å². The predicted molar refractivity (Wildman–Crippen MR) is 99.1 cm³/mol. The number of rotatable bonds is 5. The molecule has 0 aliphatic carbocycles. The van der Waals surface area contributed by atoms with E-state index in [0.29, 0.717) is 11.1 Å². The molecule has 3 nitrogen and oxygen atoms in total. The zero-order valence-electron chi connectivity index (χ0n) is 14.6. The zero-order chi connectivity index (χ0) is 17.4. The van der Waals surface area contributed by atoms with E-state index in [4.69, 9.17) is 4.52 Å². The number of para-hydroxylation sites is 1. The molecule has 128 valence electrons. The molecule has 0 saturated heterocycles. The first-order valence-electron chi connectivity index (χ1n) is 8.62. The van der Waals surface area contributed by atoms with Crippen LogP contribution >= 0.6 is 7.60 Å². The summed E-state index contributed by atoms with van der Waals surface area (Å²) in [5, 5.41) is 0.387. The van der Waals surface area contributed by atoms with Crippen LogP contribution in [0.15, 0.2) is 42.5 Å². The molecule has 0 bridgehead atoms. The van der Waals surface area contributed by atoms with Crippen molar-refractivity contribution in [1.82, 2.24) is 0 Å². The molecule has 4 heteroatoms. The average Bonchev–Trinajstić information content (AvgIpc) is 2.54. The van der Waals surface area contributed by atoms with Crippen LogP contribution in [0.1, 0.15) is 52.0 Å². The SMILES string of the molecule is CCCCCC(C)(C)c1cccc2c1OP(=O)(O)c1ccccc1-2. The summed E-state index contributed by atoms with van der Waals surface area (Å²) in [5.41, 5.74) is 2.62. The lowest BCUT2D eigenvalue weighted by Crippen LogP contribution is -2.23. The standard InChI is InChI=1S/C20H25O3P/c1-4-5-8-14-20(2,3)17-12-9-11-16-15-10-6-7-13-18(15)24(21,22)23-19(16)17/h6-7,9-13H,4-5,8,14H2,1-3H3,(H,21,22). The van der Waals surface area contributed by atoms with Gasteiger partial charge in [0.05, 0.1) is 5.30 Å². The van der Waals surface area contributed by atoms with Crippen molar-refractivity contribution < 1.29 is 14.0 Å². The van der Waals surface area contributed by atoms with E-state index >= 15 is 0 Å². The molecule has 0 amide bonds. The highest BCUT2D eigenvalue weighted by Crippen LogP contribution is 2.54. The van der Waals surface area contributed by atoms with Gasteiger partial charge in [-0.05, 0) is 17.9 Å². The third kappa shape index (κ3) is 3.03.